The van der Waals surface area contributed by atoms with Crippen molar-refractivity contribution in [1.82, 2.24) is 15.2 Å². The number of ether oxygens (including phenoxy) is 1. The van der Waals surface area contributed by atoms with E-state index in [9.17, 15) is 18.0 Å². The lowest BCUT2D eigenvalue weighted by Crippen LogP contribution is -2.38. The topological polar surface area (TPSA) is 106 Å². The van der Waals surface area contributed by atoms with E-state index >= 15 is 0 Å². The molecule has 0 aliphatic heterocycles. The molecular formula is C23H31N3O5S. The third-order valence-electron chi connectivity index (χ3n) is 4.52. The van der Waals surface area contributed by atoms with Gasteiger partial charge in [0.2, 0.25) is 0 Å². The lowest BCUT2D eigenvalue weighted by molar-refractivity contribution is 0.0232. The number of hydrogen-bond donors (Lipinski definition) is 1. The second-order valence-corrected chi connectivity index (χ2v) is 10.6. The average molecular weight is 462 g/mol. The number of aryl methyl sites for hydroxylation is 1. The van der Waals surface area contributed by atoms with Gasteiger partial charge in [-0.25, -0.2) is 13.2 Å². The lowest BCUT2D eigenvalue weighted by atomic mass is 10.1. The molecule has 174 valence electrons. The van der Waals surface area contributed by atoms with Crippen LogP contribution < -0.4 is 5.32 Å². The summed E-state index contributed by atoms with van der Waals surface area (Å²) in [5.41, 5.74) is 1.24. The van der Waals surface area contributed by atoms with E-state index in [4.69, 9.17) is 4.74 Å². The number of rotatable bonds is 8. The Hall–Kier alpha value is -2.94. The summed E-state index contributed by atoms with van der Waals surface area (Å²) in [5.74, 6) is -0.357. The Morgan fingerprint density at radius 2 is 1.91 bits per heavy atom. The zero-order valence-electron chi connectivity index (χ0n) is 19.2. The Morgan fingerprint density at radius 3 is 2.50 bits per heavy atom. The van der Waals surface area contributed by atoms with Crippen molar-refractivity contribution < 1.29 is 22.7 Å². The molecule has 0 fully saturated rings. The van der Waals surface area contributed by atoms with Crippen molar-refractivity contribution >= 4 is 21.8 Å². The van der Waals surface area contributed by atoms with Gasteiger partial charge in [0.05, 0.1) is 11.4 Å². The molecule has 8 nitrogen and oxygen atoms in total. The number of carbonyl (C=O) groups is 2. The summed E-state index contributed by atoms with van der Waals surface area (Å²) in [7, 11) is -3.41. The number of aromatic nitrogens is 1. The number of hydrogen-bond acceptors (Lipinski definition) is 6. The number of carbonyl (C=O) groups excluding carboxylic acids is 2. The lowest BCUT2D eigenvalue weighted by Gasteiger charge is -2.27. The minimum absolute atomic E-state index is 0.0980. The molecule has 0 atom stereocenters. The molecule has 32 heavy (non-hydrogen) atoms. The number of amides is 2. The van der Waals surface area contributed by atoms with Crippen LogP contribution in [0.25, 0.3) is 0 Å². The van der Waals surface area contributed by atoms with E-state index in [1.807, 2.05) is 6.07 Å². The molecule has 9 heteroatoms. The molecule has 1 aromatic heterocycles. The van der Waals surface area contributed by atoms with Crippen molar-refractivity contribution in [1.29, 1.82) is 0 Å². The molecule has 1 heterocycles. The fourth-order valence-electron chi connectivity index (χ4n) is 2.92. The van der Waals surface area contributed by atoms with Crippen molar-refractivity contribution in [3.8, 4) is 0 Å². The third-order valence-corrected chi connectivity index (χ3v) is 5.63. The summed E-state index contributed by atoms with van der Waals surface area (Å²) in [6.45, 7) is 8.19. The van der Waals surface area contributed by atoms with Crippen molar-refractivity contribution in [2.45, 2.75) is 51.2 Å². The van der Waals surface area contributed by atoms with Crippen molar-refractivity contribution in [3.05, 3.63) is 59.4 Å². The number of benzene rings is 1. The van der Waals surface area contributed by atoms with E-state index in [-0.39, 0.29) is 10.8 Å². The molecule has 2 amide bonds. The molecule has 0 bridgehead atoms. The first kappa shape index (κ1) is 25.3. The molecule has 1 aromatic carbocycles. The maximum absolute atomic E-state index is 12.6. The minimum Gasteiger partial charge on any atom is -0.444 e. The van der Waals surface area contributed by atoms with E-state index in [2.05, 4.69) is 10.3 Å². The van der Waals surface area contributed by atoms with E-state index in [0.717, 1.165) is 11.8 Å². The first-order valence-electron chi connectivity index (χ1n) is 10.3. The largest absolute Gasteiger partial charge is 0.444 e. The maximum atomic E-state index is 12.6. The van der Waals surface area contributed by atoms with Gasteiger partial charge >= 0.3 is 6.09 Å². The predicted molar refractivity (Wildman–Crippen MR) is 122 cm³/mol. The number of pyridine rings is 1. The quantitative estimate of drug-likeness (QED) is 0.605. The second kappa shape index (κ2) is 10.6. The molecule has 0 aliphatic rings. The van der Waals surface area contributed by atoms with Crippen LogP contribution in [0.1, 0.15) is 48.7 Å². The summed E-state index contributed by atoms with van der Waals surface area (Å²) < 4.78 is 29.1. The highest BCUT2D eigenvalue weighted by molar-refractivity contribution is 7.90. The Balaban J connectivity index is 2.00. The van der Waals surface area contributed by atoms with Gasteiger partial charge in [-0.05, 0) is 63.4 Å². The predicted octanol–water partition coefficient (Wildman–Crippen LogP) is 3.35. The molecule has 0 radical (unpaired) electrons. The highest BCUT2D eigenvalue weighted by Gasteiger charge is 2.22. The van der Waals surface area contributed by atoms with Crippen LogP contribution in [-0.2, 0) is 21.1 Å². The van der Waals surface area contributed by atoms with Crippen LogP contribution in [0.3, 0.4) is 0 Å². The molecule has 2 rings (SSSR count). The van der Waals surface area contributed by atoms with E-state index < -0.39 is 21.5 Å². The fourth-order valence-corrected chi connectivity index (χ4v) is 3.56. The number of nitrogens with one attached hydrogen (secondary N) is 1. The molecule has 1 N–H and O–H groups in total. The number of nitrogens with zero attached hydrogens (tertiary/aromatic N) is 2. The van der Waals surface area contributed by atoms with Gasteiger partial charge in [-0.2, -0.15) is 0 Å². The summed E-state index contributed by atoms with van der Waals surface area (Å²) in [6, 6.07) is 8.16. The van der Waals surface area contributed by atoms with Crippen LogP contribution in [0.15, 0.2) is 47.6 Å². The standard InChI is InChI=1S/C23H31N3O5S/c1-17-9-10-19(32(5,29)30)14-20(17)21(27)25-12-7-13-26(22(28)31-23(2,3)4)16-18-8-6-11-24-15-18/h6,8-11,14-15H,7,12-13,16H2,1-5H3,(H,25,27). The Kier molecular flexibility index (Phi) is 8.38. The van der Waals surface area contributed by atoms with Gasteiger partial charge in [0.1, 0.15) is 5.60 Å². The van der Waals surface area contributed by atoms with Crippen LogP contribution in [0.4, 0.5) is 4.79 Å². The van der Waals surface area contributed by atoms with Crippen LogP contribution in [-0.4, -0.2) is 55.2 Å². The zero-order chi connectivity index (χ0) is 23.9. The van der Waals surface area contributed by atoms with Gasteiger partial charge < -0.3 is 15.0 Å². The van der Waals surface area contributed by atoms with Gasteiger partial charge in [-0.3, -0.25) is 9.78 Å². The van der Waals surface area contributed by atoms with E-state index in [1.165, 1.54) is 12.1 Å². The third kappa shape index (κ3) is 7.96. The first-order valence-corrected chi connectivity index (χ1v) is 12.2. The SMILES string of the molecule is Cc1ccc(S(C)(=O)=O)cc1C(=O)NCCCN(Cc1cccnc1)C(=O)OC(C)(C)C. The Morgan fingerprint density at radius 1 is 1.19 bits per heavy atom. The van der Waals surface area contributed by atoms with Crippen LogP contribution in [0, 0.1) is 6.92 Å². The van der Waals surface area contributed by atoms with Crippen molar-refractivity contribution in [3.63, 3.8) is 0 Å². The monoisotopic (exact) mass is 461 g/mol. The molecule has 0 spiro atoms. The maximum Gasteiger partial charge on any atom is 0.410 e. The molecular weight excluding hydrogens is 430 g/mol. The van der Waals surface area contributed by atoms with Crippen LogP contribution in [0.5, 0.6) is 0 Å². The van der Waals surface area contributed by atoms with E-state index in [1.54, 1.807) is 57.1 Å². The first-order chi connectivity index (χ1) is 14.9. The van der Waals surface area contributed by atoms with Gasteiger partial charge in [0, 0.05) is 37.3 Å². The molecule has 0 saturated heterocycles. The Bertz CT molecular complexity index is 1050. The zero-order valence-corrected chi connectivity index (χ0v) is 20.0. The summed E-state index contributed by atoms with van der Waals surface area (Å²) in [4.78, 5) is 31.0. The van der Waals surface area contributed by atoms with Crippen LogP contribution in [0.2, 0.25) is 0 Å². The highest BCUT2D eigenvalue weighted by atomic mass is 32.2. The summed E-state index contributed by atoms with van der Waals surface area (Å²) in [5, 5.41) is 2.80. The summed E-state index contributed by atoms with van der Waals surface area (Å²) >= 11 is 0. The molecule has 0 aliphatic carbocycles. The smallest absolute Gasteiger partial charge is 0.410 e. The Labute approximate surface area is 189 Å². The van der Waals surface area contributed by atoms with Gasteiger partial charge in [0.15, 0.2) is 9.84 Å². The van der Waals surface area contributed by atoms with Crippen LogP contribution >= 0.6 is 0 Å². The molecule has 0 unspecified atom stereocenters. The normalized spacial score (nSPS) is 11.7. The van der Waals surface area contributed by atoms with Gasteiger partial charge in [-0.15, -0.1) is 0 Å². The van der Waals surface area contributed by atoms with Crippen molar-refractivity contribution in [2.75, 3.05) is 19.3 Å². The van der Waals surface area contributed by atoms with Crippen molar-refractivity contribution in [2.24, 2.45) is 0 Å². The number of sulfone groups is 1. The molecule has 0 saturated carbocycles. The average Bonchev–Trinajstić information content (AvgIpc) is 2.69. The van der Waals surface area contributed by atoms with Gasteiger partial charge in [0.25, 0.3) is 5.91 Å². The minimum atomic E-state index is -3.41. The fraction of sp³-hybridized carbons (Fsp3) is 0.435. The summed E-state index contributed by atoms with van der Waals surface area (Å²) in [6.07, 6.45) is 4.52. The molecule has 2 aromatic rings. The van der Waals surface area contributed by atoms with Gasteiger partial charge in [-0.1, -0.05) is 12.1 Å². The van der Waals surface area contributed by atoms with E-state index in [0.29, 0.717) is 37.2 Å². The highest BCUT2D eigenvalue weighted by Crippen LogP contribution is 2.16. The second-order valence-electron chi connectivity index (χ2n) is 8.62.